The van der Waals surface area contributed by atoms with Crippen molar-refractivity contribution in [2.24, 2.45) is 0 Å². The first-order valence-corrected chi connectivity index (χ1v) is 19.2. The molecule has 0 amide bonds. The third-order valence-corrected chi connectivity index (χ3v) is 11.3. The molecular formula is C54H35NO. The van der Waals surface area contributed by atoms with E-state index in [9.17, 15) is 0 Å². The second-order valence-electron chi connectivity index (χ2n) is 14.5. The minimum Gasteiger partial charge on any atom is -0.455 e. The highest BCUT2D eigenvalue weighted by molar-refractivity contribution is 6.24. The number of fused-ring (bicyclic) bond motifs is 1. The van der Waals surface area contributed by atoms with E-state index in [0.717, 1.165) is 39.4 Å². The molecule has 1 aromatic heterocycles. The highest BCUT2D eigenvalue weighted by atomic mass is 16.3. The fourth-order valence-electron chi connectivity index (χ4n) is 8.45. The lowest BCUT2D eigenvalue weighted by Crippen LogP contribution is -2.09. The average molecular weight is 714 g/mol. The Balaban J connectivity index is 0.934. The Hall–Kier alpha value is -7.42. The Labute approximate surface area is 325 Å². The molecule has 11 rings (SSSR count). The fraction of sp³-hybridized carbons (Fsp3) is 0. The molecule has 0 radical (unpaired) electrons. The van der Waals surface area contributed by atoms with E-state index >= 15 is 0 Å². The Kier molecular flexibility index (Phi) is 7.53. The van der Waals surface area contributed by atoms with Crippen LogP contribution in [0.3, 0.4) is 0 Å². The maximum Gasteiger partial charge on any atom is 0.143 e. The van der Waals surface area contributed by atoms with Crippen LogP contribution in [0.2, 0.25) is 0 Å². The van der Waals surface area contributed by atoms with E-state index in [1.54, 1.807) is 0 Å². The number of hydrogen-bond donors (Lipinski definition) is 0. The number of furan rings is 1. The summed E-state index contributed by atoms with van der Waals surface area (Å²) in [5.41, 5.74) is 14.6. The normalized spacial score (nSPS) is 11.6. The first kappa shape index (κ1) is 32.0. The van der Waals surface area contributed by atoms with Crippen molar-refractivity contribution in [2.45, 2.75) is 0 Å². The minimum atomic E-state index is 0.939. The van der Waals surface area contributed by atoms with Crippen LogP contribution < -0.4 is 4.90 Å². The Morgan fingerprint density at radius 1 is 0.286 bits per heavy atom. The second kappa shape index (κ2) is 13.2. The van der Waals surface area contributed by atoms with Crippen molar-refractivity contribution in [1.82, 2.24) is 0 Å². The van der Waals surface area contributed by atoms with Gasteiger partial charge in [-0.05, 0) is 109 Å². The van der Waals surface area contributed by atoms with Crippen LogP contribution in [-0.2, 0) is 0 Å². The summed E-state index contributed by atoms with van der Waals surface area (Å²) in [5, 5.41) is 7.35. The van der Waals surface area contributed by atoms with Gasteiger partial charge < -0.3 is 9.32 Å². The van der Waals surface area contributed by atoms with Gasteiger partial charge in [-0.15, -0.1) is 0 Å². The summed E-state index contributed by atoms with van der Waals surface area (Å²) >= 11 is 0. The summed E-state index contributed by atoms with van der Waals surface area (Å²) < 4.78 is 6.49. The first-order chi connectivity index (χ1) is 27.7. The minimum absolute atomic E-state index is 0.939. The van der Waals surface area contributed by atoms with Crippen molar-refractivity contribution in [3.63, 3.8) is 0 Å². The number of anilines is 3. The van der Waals surface area contributed by atoms with Gasteiger partial charge in [0, 0.05) is 33.4 Å². The fourth-order valence-corrected chi connectivity index (χ4v) is 8.45. The van der Waals surface area contributed by atoms with Gasteiger partial charge in [-0.1, -0.05) is 164 Å². The maximum absolute atomic E-state index is 6.49. The number of rotatable bonds is 7. The van der Waals surface area contributed by atoms with Crippen molar-refractivity contribution in [3.05, 3.63) is 212 Å². The molecule has 56 heavy (non-hydrogen) atoms. The third-order valence-electron chi connectivity index (χ3n) is 11.3. The summed E-state index contributed by atoms with van der Waals surface area (Å²) in [4.78, 5) is 2.34. The standard InChI is InChI=1S/C54H35NO/c1-2-8-36(9-3-1)38-22-29-45(30-23-38)55(47-33-26-41(27-34-47)49-14-6-11-40-10-4-5-13-48(40)49)46-31-24-39(25-32-46)37-16-18-42(19-17-37)50-35-28-44-21-20-43-12-7-15-51-52(43)53(44)54(50)56-51/h1-35H. The molecule has 0 saturated carbocycles. The molecule has 262 valence electrons. The first-order valence-electron chi connectivity index (χ1n) is 19.2. The summed E-state index contributed by atoms with van der Waals surface area (Å²) in [6, 6.07) is 76.4. The Morgan fingerprint density at radius 2 is 0.750 bits per heavy atom. The zero-order chi connectivity index (χ0) is 37.0. The van der Waals surface area contributed by atoms with E-state index in [1.165, 1.54) is 65.7 Å². The van der Waals surface area contributed by atoms with Gasteiger partial charge >= 0.3 is 0 Å². The van der Waals surface area contributed by atoms with E-state index in [1.807, 2.05) is 0 Å². The topological polar surface area (TPSA) is 16.4 Å². The number of benzene rings is 10. The number of hydrogen-bond acceptors (Lipinski definition) is 2. The van der Waals surface area contributed by atoms with Crippen molar-refractivity contribution in [1.29, 1.82) is 0 Å². The molecule has 0 saturated heterocycles. The quantitative estimate of drug-likeness (QED) is 0.153. The van der Waals surface area contributed by atoms with Gasteiger partial charge in [-0.3, -0.25) is 0 Å². The third kappa shape index (κ3) is 5.42. The van der Waals surface area contributed by atoms with Gasteiger partial charge in [-0.25, -0.2) is 0 Å². The van der Waals surface area contributed by atoms with Gasteiger partial charge in [0.15, 0.2) is 0 Å². The largest absolute Gasteiger partial charge is 0.455 e. The summed E-state index contributed by atoms with van der Waals surface area (Å²) in [7, 11) is 0. The summed E-state index contributed by atoms with van der Waals surface area (Å²) in [6.45, 7) is 0. The number of nitrogens with zero attached hydrogens (tertiary/aromatic N) is 1. The van der Waals surface area contributed by atoms with E-state index in [0.29, 0.717) is 0 Å². The van der Waals surface area contributed by atoms with Crippen LogP contribution in [0.1, 0.15) is 0 Å². The van der Waals surface area contributed by atoms with E-state index in [4.69, 9.17) is 4.42 Å². The van der Waals surface area contributed by atoms with Crippen LogP contribution in [0.15, 0.2) is 217 Å². The predicted octanol–water partition coefficient (Wildman–Crippen LogP) is 15.5. The molecule has 0 aliphatic rings. The van der Waals surface area contributed by atoms with Crippen molar-refractivity contribution < 1.29 is 4.42 Å². The molecule has 10 aromatic carbocycles. The zero-order valence-electron chi connectivity index (χ0n) is 30.6. The van der Waals surface area contributed by atoms with E-state index < -0.39 is 0 Å². The maximum atomic E-state index is 6.49. The highest BCUT2D eigenvalue weighted by Crippen LogP contribution is 2.42. The molecule has 0 spiro atoms. The molecule has 2 nitrogen and oxygen atoms in total. The molecule has 1 heterocycles. The molecule has 11 aromatic rings. The van der Waals surface area contributed by atoms with Gasteiger partial charge in [-0.2, -0.15) is 0 Å². The van der Waals surface area contributed by atoms with E-state index in [2.05, 4.69) is 217 Å². The lowest BCUT2D eigenvalue weighted by atomic mass is 9.95. The van der Waals surface area contributed by atoms with Crippen molar-refractivity contribution in [3.8, 4) is 44.5 Å². The molecule has 0 fully saturated rings. The highest BCUT2D eigenvalue weighted by Gasteiger charge is 2.18. The van der Waals surface area contributed by atoms with Crippen LogP contribution in [0.5, 0.6) is 0 Å². The van der Waals surface area contributed by atoms with E-state index in [-0.39, 0.29) is 0 Å². The zero-order valence-corrected chi connectivity index (χ0v) is 30.6. The van der Waals surface area contributed by atoms with Crippen LogP contribution in [0.25, 0.3) is 88.0 Å². The van der Waals surface area contributed by atoms with Crippen LogP contribution >= 0.6 is 0 Å². The summed E-state index contributed by atoms with van der Waals surface area (Å²) in [5.74, 6) is 0. The predicted molar refractivity (Wildman–Crippen MR) is 236 cm³/mol. The Morgan fingerprint density at radius 3 is 1.43 bits per heavy atom. The molecule has 0 bridgehead atoms. The van der Waals surface area contributed by atoms with Gasteiger partial charge in [0.25, 0.3) is 0 Å². The average Bonchev–Trinajstić information content (AvgIpc) is 3.68. The molecule has 0 N–H and O–H groups in total. The molecule has 0 aliphatic heterocycles. The molecule has 2 heteroatoms. The second-order valence-corrected chi connectivity index (χ2v) is 14.5. The molecule has 0 aliphatic carbocycles. The van der Waals surface area contributed by atoms with Crippen LogP contribution in [0.4, 0.5) is 17.1 Å². The molecular weight excluding hydrogens is 679 g/mol. The Bertz CT molecular complexity index is 3140. The molecule has 0 unspecified atom stereocenters. The van der Waals surface area contributed by atoms with Gasteiger partial charge in [0.1, 0.15) is 11.2 Å². The monoisotopic (exact) mass is 713 g/mol. The van der Waals surface area contributed by atoms with Gasteiger partial charge in [0.05, 0.1) is 0 Å². The van der Waals surface area contributed by atoms with Gasteiger partial charge in [0.2, 0.25) is 0 Å². The summed E-state index contributed by atoms with van der Waals surface area (Å²) in [6.07, 6.45) is 0. The van der Waals surface area contributed by atoms with Crippen molar-refractivity contribution in [2.75, 3.05) is 4.90 Å². The van der Waals surface area contributed by atoms with Crippen LogP contribution in [0, 0.1) is 0 Å². The van der Waals surface area contributed by atoms with Crippen molar-refractivity contribution >= 4 is 60.5 Å². The SMILES string of the molecule is c1ccc(-c2ccc(N(c3ccc(-c4ccc(-c5ccc6ccc7cccc8oc5c6c78)cc4)cc3)c3ccc(-c4cccc5ccccc45)cc3)cc2)cc1. The lowest BCUT2D eigenvalue weighted by Gasteiger charge is -2.26. The lowest BCUT2D eigenvalue weighted by molar-refractivity contribution is 0.670. The molecule has 0 atom stereocenters. The van der Waals surface area contributed by atoms with Crippen LogP contribution in [-0.4, -0.2) is 0 Å². The smallest absolute Gasteiger partial charge is 0.143 e.